The molecule has 0 saturated heterocycles. The average Bonchev–Trinajstić information content (AvgIpc) is 2.46. The van der Waals surface area contributed by atoms with Gasteiger partial charge in [0.1, 0.15) is 0 Å². The Morgan fingerprint density at radius 1 is 1.32 bits per heavy atom. The first kappa shape index (κ1) is 20.4. The first-order valence-corrected chi connectivity index (χ1v) is 7.91. The molecule has 126 valence electrons. The highest BCUT2D eigenvalue weighted by molar-refractivity contribution is 5.78. The number of nitrogens with zero attached hydrogens (tertiary/aromatic N) is 2. The molecule has 2 atom stereocenters. The SMILES string of the molecule is CCC(C#N)CC(C)C(=O)NCCC[N+](C)(C)CCC(=O)[O-]. The van der Waals surface area contributed by atoms with Gasteiger partial charge < -0.3 is 19.7 Å². The number of carboxylic acid groups (broad SMARTS) is 1. The second-order valence-corrected chi connectivity index (χ2v) is 6.52. The molecular formula is C16H29N3O3. The van der Waals surface area contributed by atoms with Crippen LogP contribution in [0, 0.1) is 23.2 Å². The van der Waals surface area contributed by atoms with Gasteiger partial charge in [0.15, 0.2) is 0 Å². The molecule has 22 heavy (non-hydrogen) atoms. The molecule has 0 bridgehead atoms. The Kier molecular flexibility index (Phi) is 9.43. The van der Waals surface area contributed by atoms with Crippen LogP contribution >= 0.6 is 0 Å². The minimum absolute atomic E-state index is 0.0197. The molecule has 0 aromatic rings. The summed E-state index contributed by atoms with van der Waals surface area (Å²) < 4.78 is 0.589. The zero-order valence-corrected chi connectivity index (χ0v) is 14.2. The molecule has 2 unspecified atom stereocenters. The summed E-state index contributed by atoms with van der Waals surface area (Å²) >= 11 is 0. The number of nitrogens with one attached hydrogen (secondary N) is 1. The number of carbonyl (C=O) groups is 2. The summed E-state index contributed by atoms with van der Waals surface area (Å²) in [5.41, 5.74) is 0. The maximum Gasteiger partial charge on any atom is 0.222 e. The maximum atomic E-state index is 11.9. The lowest BCUT2D eigenvalue weighted by atomic mass is 9.94. The van der Waals surface area contributed by atoms with Crippen LogP contribution in [-0.4, -0.2) is 50.1 Å². The number of rotatable bonds is 11. The molecule has 0 aliphatic rings. The Labute approximate surface area is 133 Å². The Morgan fingerprint density at radius 2 is 1.95 bits per heavy atom. The number of amides is 1. The van der Waals surface area contributed by atoms with Gasteiger partial charge in [-0.25, -0.2) is 0 Å². The van der Waals surface area contributed by atoms with Gasteiger partial charge in [0.25, 0.3) is 0 Å². The molecule has 1 N–H and O–H groups in total. The number of aliphatic carboxylic acids is 1. The Hall–Kier alpha value is -1.61. The van der Waals surface area contributed by atoms with Gasteiger partial charge in [-0.1, -0.05) is 13.8 Å². The van der Waals surface area contributed by atoms with Crippen LogP contribution in [0.2, 0.25) is 0 Å². The molecule has 6 nitrogen and oxygen atoms in total. The lowest BCUT2D eigenvalue weighted by Gasteiger charge is -2.30. The van der Waals surface area contributed by atoms with Gasteiger partial charge in [-0.2, -0.15) is 5.26 Å². The van der Waals surface area contributed by atoms with Gasteiger partial charge in [-0.3, -0.25) is 4.79 Å². The zero-order valence-electron chi connectivity index (χ0n) is 14.2. The van der Waals surface area contributed by atoms with Gasteiger partial charge in [0.05, 0.1) is 33.3 Å². The Balaban J connectivity index is 3.97. The lowest BCUT2D eigenvalue weighted by Crippen LogP contribution is -2.44. The molecule has 0 heterocycles. The van der Waals surface area contributed by atoms with Crippen molar-refractivity contribution in [3.63, 3.8) is 0 Å². The van der Waals surface area contributed by atoms with E-state index in [1.165, 1.54) is 0 Å². The van der Waals surface area contributed by atoms with E-state index in [2.05, 4.69) is 11.4 Å². The Bertz CT molecular complexity index is 402. The summed E-state index contributed by atoms with van der Waals surface area (Å²) in [6.45, 7) is 5.67. The van der Waals surface area contributed by atoms with Crippen molar-refractivity contribution in [3.8, 4) is 6.07 Å². The highest BCUT2D eigenvalue weighted by Crippen LogP contribution is 2.14. The molecule has 0 aromatic heterocycles. The summed E-state index contributed by atoms with van der Waals surface area (Å²) in [7, 11) is 3.93. The number of nitriles is 1. The fourth-order valence-corrected chi connectivity index (χ4v) is 2.24. The fraction of sp³-hybridized carbons (Fsp3) is 0.812. The normalized spacial score (nSPS) is 14.0. The van der Waals surface area contributed by atoms with E-state index in [9.17, 15) is 14.7 Å². The number of carboxylic acids is 1. The van der Waals surface area contributed by atoms with E-state index in [1.54, 1.807) is 0 Å². The number of hydrogen-bond acceptors (Lipinski definition) is 4. The third kappa shape index (κ3) is 9.35. The molecule has 0 rings (SSSR count). The molecule has 0 saturated carbocycles. The van der Waals surface area contributed by atoms with Gasteiger partial charge in [0.2, 0.25) is 5.91 Å². The van der Waals surface area contributed by atoms with Gasteiger partial charge >= 0.3 is 0 Å². The van der Waals surface area contributed by atoms with E-state index in [4.69, 9.17) is 5.26 Å². The highest BCUT2D eigenvalue weighted by atomic mass is 16.4. The minimum Gasteiger partial charge on any atom is -0.550 e. The van der Waals surface area contributed by atoms with Crippen LogP contribution in [0.15, 0.2) is 0 Å². The van der Waals surface area contributed by atoms with E-state index >= 15 is 0 Å². The van der Waals surface area contributed by atoms with E-state index < -0.39 is 5.97 Å². The second kappa shape index (κ2) is 10.2. The topological polar surface area (TPSA) is 93.0 Å². The van der Waals surface area contributed by atoms with Crippen molar-refractivity contribution < 1.29 is 19.2 Å². The van der Waals surface area contributed by atoms with Gasteiger partial charge in [-0.15, -0.1) is 0 Å². The van der Waals surface area contributed by atoms with Crippen molar-refractivity contribution in [1.82, 2.24) is 5.32 Å². The van der Waals surface area contributed by atoms with E-state index in [0.29, 0.717) is 24.0 Å². The van der Waals surface area contributed by atoms with Crippen molar-refractivity contribution >= 4 is 11.9 Å². The smallest absolute Gasteiger partial charge is 0.222 e. The van der Waals surface area contributed by atoms with Crippen LogP contribution in [0.5, 0.6) is 0 Å². The number of hydrogen-bond donors (Lipinski definition) is 1. The molecule has 0 aromatic carbocycles. The predicted octanol–water partition coefficient (Wildman–Crippen LogP) is 0.285. The standard InChI is InChI=1S/C16H29N3O3/c1-5-14(12-17)11-13(2)16(22)18-8-6-9-19(3,4)10-7-15(20)21/h13-14H,5-11H2,1-4H3,(H-,18,20,21,22). The van der Waals surface area contributed by atoms with Crippen LogP contribution in [0.3, 0.4) is 0 Å². The number of quaternary nitrogens is 1. The van der Waals surface area contributed by atoms with E-state index in [-0.39, 0.29) is 24.2 Å². The summed E-state index contributed by atoms with van der Waals surface area (Å²) in [5, 5.41) is 22.3. The van der Waals surface area contributed by atoms with Crippen LogP contribution in [0.4, 0.5) is 0 Å². The Morgan fingerprint density at radius 3 is 2.45 bits per heavy atom. The summed E-state index contributed by atoms with van der Waals surface area (Å²) in [6, 6.07) is 2.21. The minimum atomic E-state index is -1.03. The maximum absolute atomic E-state index is 11.9. The van der Waals surface area contributed by atoms with E-state index in [1.807, 2.05) is 27.9 Å². The first-order valence-electron chi connectivity index (χ1n) is 7.91. The highest BCUT2D eigenvalue weighted by Gasteiger charge is 2.18. The fourth-order valence-electron chi connectivity index (χ4n) is 2.24. The number of carbonyl (C=O) groups excluding carboxylic acids is 2. The monoisotopic (exact) mass is 311 g/mol. The summed E-state index contributed by atoms with van der Waals surface area (Å²) in [5.74, 6) is -1.28. The summed E-state index contributed by atoms with van der Waals surface area (Å²) in [6.07, 6.45) is 2.18. The van der Waals surface area contributed by atoms with Crippen LogP contribution in [-0.2, 0) is 9.59 Å². The van der Waals surface area contributed by atoms with Crippen molar-refractivity contribution in [2.45, 2.75) is 39.5 Å². The molecule has 0 fully saturated rings. The lowest BCUT2D eigenvalue weighted by molar-refractivity contribution is -0.890. The average molecular weight is 311 g/mol. The summed E-state index contributed by atoms with van der Waals surface area (Å²) in [4.78, 5) is 22.4. The third-order valence-corrected chi connectivity index (χ3v) is 3.92. The van der Waals surface area contributed by atoms with Crippen molar-refractivity contribution in [1.29, 1.82) is 5.26 Å². The predicted molar refractivity (Wildman–Crippen MR) is 82.3 cm³/mol. The van der Waals surface area contributed by atoms with Gasteiger partial charge in [-0.05, 0) is 12.8 Å². The second-order valence-electron chi connectivity index (χ2n) is 6.52. The molecule has 0 radical (unpaired) electrons. The first-order chi connectivity index (χ1) is 10.2. The largest absolute Gasteiger partial charge is 0.550 e. The molecule has 1 amide bonds. The van der Waals surface area contributed by atoms with Crippen LogP contribution in [0.1, 0.15) is 39.5 Å². The molecule has 0 spiro atoms. The van der Waals surface area contributed by atoms with Crippen molar-refractivity contribution in [2.75, 3.05) is 33.7 Å². The van der Waals surface area contributed by atoms with Crippen LogP contribution < -0.4 is 10.4 Å². The zero-order chi connectivity index (χ0) is 17.2. The van der Waals surface area contributed by atoms with E-state index in [0.717, 1.165) is 19.4 Å². The van der Waals surface area contributed by atoms with Gasteiger partial charge in [0, 0.05) is 37.2 Å². The van der Waals surface area contributed by atoms with Crippen LogP contribution in [0.25, 0.3) is 0 Å². The quantitative estimate of drug-likeness (QED) is 0.438. The third-order valence-electron chi connectivity index (χ3n) is 3.92. The molecule has 6 heteroatoms. The van der Waals surface area contributed by atoms with Crippen molar-refractivity contribution in [2.24, 2.45) is 11.8 Å². The molecule has 0 aliphatic heterocycles. The molecular weight excluding hydrogens is 282 g/mol. The molecule has 0 aliphatic carbocycles. The van der Waals surface area contributed by atoms with Crippen molar-refractivity contribution in [3.05, 3.63) is 0 Å².